The van der Waals surface area contributed by atoms with Crippen molar-refractivity contribution < 1.29 is 9.72 Å². The number of halogens is 1. The van der Waals surface area contributed by atoms with Gasteiger partial charge in [-0.15, -0.1) is 0 Å². The first-order chi connectivity index (χ1) is 12.4. The van der Waals surface area contributed by atoms with Crippen molar-refractivity contribution in [3.05, 3.63) is 38.3 Å². The first-order valence-corrected chi connectivity index (χ1v) is 10.2. The summed E-state index contributed by atoms with van der Waals surface area (Å²) in [6.45, 7) is 0. The van der Waals surface area contributed by atoms with E-state index in [0.29, 0.717) is 27.5 Å². The minimum absolute atomic E-state index is 0.127. The van der Waals surface area contributed by atoms with Crippen LogP contribution in [0, 0.1) is 33.8 Å². The Balaban J connectivity index is 1.41. The van der Waals surface area contributed by atoms with Crippen molar-refractivity contribution in [1.29, 1.82) is 0 Å². The lowest BCUT2D eigenvalue weighted by molar-refractivity contribution is -0.384. The number of carbonyl (C=O) groups excluding carboxylic acids is 1. The normalized spacial score (nSPS) is 31.5. The van der Waals surface area contributed by atoms with E-state index < -0.39 is 10.8 Å². The molecule has 0 aromatic heterocycles. The maximum Gasteiger partial charge on any atom is 0.270 e. The van der Waals surface area contributed by atoms with E-state index in [0.717, 1.165) is 11.8 Å². The van der Waals surface area contributed by atoms with Gasteiger partial charge in [0.25, 0.3) is 11.6 Å². The average molecular weight is 438 g/mol. The predicted molar refractivity (Wildman–Crippen MR) is 105 cm³/mol. The molecule has 0 radical (unpaired) electrons. The van der Waals surface area contributed by atoms with Gasteiger partial charge in [0.1, 0.15) is 0 Å². The summed E-state index contributed by atoms with van der Waals surface area (Å²) in [4.78, 5) is 22.9. The van der Waals surface area contributed by atoms with Gasteiger partial charge in [0.2, 0.25) is 0 Å². The van der Waals surface area contributed by atoms with E-state index in [1.54, 1.807) is 0 Å². The zero-order chi connectivity index (χ0) is 18.4. The van der Waals surface area contributed by atoms with E-state index in [4.69, 9.17) is 12.2 Å². The molecule has 6 nitrogen and oxygen atoms in total. The van der Waals surface area contributed by atoms with Crippen molar-refractivity contribution in [2.75, 3.05) is 0 Å². The number of benzene rings is 1. The Hall–Kier alpha value is -1.54. The molecule has 0 atom stereocenters. The molecule has 2 N–H and O–H groups in total. The summed E-state index contributed by atoms with van der Waals surface area (Å²) in [6.07, 6.45) is 6.44. The number of nitro groups is 1. The lowest BCUT2D eigenvalue weighted by Crippen LogP contribution is -2.57. The Morgan fingerprint density at radius 2 is 1.77 bits per heavy atom. The third-order valence-corrected chi connectivity index (χ3v) is 7.07. The molecule has 4 bridgehead atoms. The van der Waals surface area contributed by atoms with Gasteiger partial charge in [-0.25, -0.2) is 0 Å². The van der Waals surface area contributed by atoms with E-state index in [-0.39, 0.29) is 11.3 Å². The fourth-order valence-electron chi connectivity index (χ4n) is 5.32. The predicted octanol–water partition coefficient (Wildman–Crippen LogP) is 3.79. The summed E-state index contributed by atoms with van der Waals surface area (Å²) >= 11 is 8.64. The Labute approximate surface area is 165 Å². The molecule has 4 fully saturated rings. The molecule has 1 amide bonds. The molecule has 1 aromatic carbocycles. The zero-order valence-corrected chi connectivity index (χ0v) is 16.5. The highest BCUT2D eigenvalue weighted by molar-refractivity contribution is 9.10. The molecule has 0 heterocycles. The second-order valence-corrected chi connectivity index (χ2v) is 9.07. The van der Waals surface area contributed by atoms with Crippen LogP contribution in [0.1, 0.15) is 42.5 Å². The molecular weight excluding hydrogens is 418 g/mol. The van der Waals surface area contributed by atoms with E-state index in [9.17, 15) is 14.9 Å². The Kier molecular flexibility index (Phi) is 4.73. The Morgan fingerprint density at radius 3 is 2.35 bits per heavy atom. The first kappa shape index (κ1) is 17.9. The van der Waals surface area contributed by atoms with Crippen LogP contribution in [0.4, 0.5) is 5.69 Å². The number of nitro benzene ring substituents is 1. The minimum Gasteiger partial charge on any atom is -0.359 e. The Bertz CT molecular complexity index is 757. The van der Waals surface area contributed by atoms with Crippen LogP contribution in [0.25, 0.3) is 0 Å². The minimum atomic E-state index is -0.520. The number of hydrogen-bond donors (Lipinski definition) is 2. The third-order valence-electron chi connectivity index (χ3n) is 6.16. The Morgan fingerprint density at radius 1 is 1.15 bits per heavy atom. The van der Waals surface area contributed by atoms with E-state index in [1.807, 2.05) is 0 Å². The first-order valence-electron chi connectivity index (χ1n) is 8.96. The summed E-state index contributed by atoms with van der Waals surface area (Å²) in [7, 11) is 0. The van der Waals surface area contributed by atoms with Crippen LogP contribution in [0.5, 0.6) is 0 Å². The van der Waals surface area contributed by atoms with Crippen LogP contribution in [0.3, 0.4) is 0 Å². The number of thiocarbonyl (C=S) groups is 1. The SMILES string of the molecule is O=C(NC(=S)NC1C2CC3CC(C2)CC1C3)c1cc([N+](=O)[O-])ccc1Br. The number of amides is 1. The van der Waals surface area contributed by atoms with E-state index in [1.165, 1.54) is 50.3 Å². The highest BCUT2D eigenvalue weighted by Crippen LogP contribution is 2.53. The fraction of sp³-hybridized carbons (Fsp3) is 0.556. The largest absolute Gasteiger partial charge is 0.359 e. The molecule has 0 spiro atoms. The summed E-state index contributed by atoms with van der Waals surface area (Å²) in [5.41, 5.74) is 0.0756. The van der Waals surface area contributed by atoms with Gasteiger partial charge in [-0.1, -0.05) is 0 Å². The van der Waals surface area contributed by atoms with Crippen LogP contribution >= 0.6 is 28.1 Å². The average Bonchev–Trinajstić information content (AvgIpc) is 2.57. The van der Waals surface area contributed by atoms with Gasteiger partial charge < -0.3 is 5.32 Å². The van der Waals surface area contributed by atoms with Crippen LogP contribution in [0.15, 0.2) is 22.7 Å². The molecule has 4 aliphatic carbocycles. The third kappa shape index (κ3) is 3.36. The van der Waals surface area contributed by atoms with Crippen LogP contribution in [-0.2, 0) is 0 Å². The molecule has 8 heteroatoms. The summed E-state index contributed by atoms with van der Waals surface area (Å²) in [5, 5.41) is 17.3. The van der Waals surface area contributed by atoms with Crippen molar-refractivity contribution in [3.8, 4) is 0 Å². The van der Waals surface area contributed by atoms with Gasteiger partial charge >= 0.3 is 0 Å². The lowest BCUT2D eigenvalue weighted by atomic mass is 9.54. The van der Waals surface area contributed by atoms with Gasteiger partial charge in [0.05, 0.1) is 10.5 Å². The number of nitrogens with zero attached hydrogens (tertiary/aromatic N) is 1. The topological polar surface area (TPSA) is 84.3 Å². The lowest BCUT2D eigenvalue weighted by Gasteiger charge is -2.54. The quantitative estimate of drug-likeness (QED) is 0.426. The molecule has 138 valence electrons. The summed E-state index contributed by atoms with van der Waals surface area (Å²) < 4.78 is 0.498. The van der Waals surface area contributed by atoms with Gasteiger partial charge in [-0.2, -0.15) is 0 Å². The summed E-state index contributed by atoms with van der Waals surface area (Å²) in [6, 6.07) is 4.45. The number of nitrogens with one attached hydrogen (secondary N) is 2. The van der Waals surface area contributed by atoms with E-state index in [2.05, 4.69) is 26.6 Å². The summed E-state index contributed by atoms with van der Waals surface area (Å²) in [5.74, 6) is 2.59. The van der Waals surface area contributed by atoms with Crippen molar-refractivity contribution in [1.82, 2.24) is 10.6 Å². The van der Waals surface area contributed by atoms with Crippen molar-refractivity contribution in [2.24, 2.45) is 23.7 Å². The van der Waals surface area contributed by atoms with Crippen LogP contribution in [0.2, 0.25) is 0 Å². The fourth-order valence-corrected chi connectivity index (χ4v) is 5.98. The van der Waals surface area contributed by atoms with Gasteiger partial charge in [-0.3, -0.25) is 20.2 Å². The second-order valence-electron chi connectivity index (χ2n) is 7.81. The highest BCUT2D eigenvalue weighted by Gasteiger charge is 2.48. The number of carbonyl (C=O) groups is 1. The highest BCUT2D eigenvalue weighted by atomic mass is 79.9. The molecule has 0 unspecified atom stereocenters. The van der Waals surface area contributed by atoms with Crippen LogP contribution < -0.4 is 10.6 Å². The van der Waals surface area contributed by atoms with Crippen molar-refractivity contribution in [2.45, 2.75) is 38.1 Å². The number of hydrogen-bond acceptors (Lipinski definition) is 4. The molecule has 0 saturated heterocycles. The molecule has 0 aliphatic heterocycles. The van der Waals surface area contributed by atoms with Crippen molar-refractivity contribution in [3.63, 3.8) is 0 Å². The molecular formula is C18H20BrN3O3S. The second kappa shape index (κ2) is 6.88. The standard InChI is InChI=1S/C18H20BrN3O3S/c19-15-2-1-13(22(24)25)8-14(15)17(23)21-18(26)20-16-11-4-9-3-10(6-11)7-12(16)5-9/h1-2,8-12,16H,3-7H2,(H2,20,21,23,26). The number of non-ortho nitro benzene ring substituents is 1. The number of rotatable bonds is 3. The van der Waals surface area contributed by atoms with Gasteiger partial charge in [0, 0.05) is 22.6 Å². The molecule has 26 heavy (non-hydrogen) atoms. The molecule has 4 aliphatic rings. The van der Waals surface area contributed by atoms with Gasteiger partial charge in [0.15, 0.2) is 5.11 Å². The van der Waals surface area contributed by atoms with Crippen LogP contribution in [-0.4, -0.2) is 22.0 Å². The van der Waals surface area contributed by atoms with Gasteiger partial charge in [-0.05, 0) is 90.0 Å². The zero-order valence-electron chi connectivity index (χ0n) is 14.1. The smallest absolute Gasteiger partial charge is 0.270 e. The maximum atomic E-state index is 12.5. The molecule has 1 aromatic rings. The van der Waals surface area contributed by atoms with E-state index >= 15 is 0 Å². The molecule has 5 rings (SSSR count). The maximum absolute atomic E-state index is 12.5. The monoisotopic (exact) mass is 437 g/mol. The molecule has 4 saturated carbocycles. The van der Waals surface area contributed by atoms with Crippen molar-refractivity contribution >= 4 is 44.9 Å².